The predicted octanol–water partition coefficient (Wildman–Crippen LogP) is 8.52. The van der Waals surface area contributed by atoms with Gasteiger partial charge in [-0.3, -0.25) is 0 Å². The van der Waals surface area contributed by atoms with Crippen LogP contribution in [0.3, 0.4) is 0 Å². The van der Waals surface area contributed by atoms with Crippen molar-refractivity contribution in [2.24, 2.45) is 5.92 Å². The lowest BCUT2D eigenvalue weighted by atomic mass is 10.0. The minimum Gasteiger partial charge on any atom is -0.132 e. The Kier molecular flexibility index (Phi) is 13.2. The van der Waals surface area contributed by atoms with Gasteiger partial charge in [-0.15, -0.1) is 11.5 Å². The van der Waals surface area contributed by atoms with Crippen LogP contribution in [0.25, 0.3) is 0 Å². The molecule has 0 heterocycles. The van der Waals surface area contributed by atoms with Crippen molar-refractivity contribution in [2.45, 2.75) is 129 Å². The van der Waals surface area contributed by atoms with E-state index >= 15 is 0 Å². The lowest BCUT2D eigenvalue weighted by molar-refractivity contribution is 0.515. The fourth-order valence-electron chi connectivity index (χ4n) is 3.82. The van der Waals surface area contributed by atoms with E-state index in [-0.39, 0.29) is 0 Å². The molecule has 2 atom stereocenters. The molecular weight excluding hydrogens is 332 g/mol. The maximum atomic E-state index is 3.97. The molecule has 148 valence electrons. The van der Waals surface area contributed by atoms with E-state index in [1.54, 1.807) is 0 Å². The highest BCUT2D eigenvalue weighted by Crippen LogP contribution is 2.42. The second-order valence-corrected chi connectivity index (χ2v) is 19.2. The van der Waals surface area contributed by atoms with E-state index in [4.69, 9.17) is 0 Å². The minimum atomic E-state index is -1.32. The molecule has 0 nitrogen and oxygen atoms in total. The van der Waals surface area contributed by atoms with Gasteiger partial charge in [-0.1, -0.05) is 117 Å². The monoisotopic (exact) mass is 380 g/mol. The van der Waals surface area contributed by atoms with Gasteiger partial charge in [-0.25, -0.2) is 0 Å². The molecule has 2 heteroatoms. The molecule has 0 radical (unpaired) electrons. The fraction of sp³-hybridized carbons (Fsp3) is 0.913. The van der Waals surface area contributed by atoms with Crippen molar-refractivity contribution in [3.8, 4) is 11.5 Å². The molecule has 2 unspecified atom stereocenters. The van der Waals surface area contributed by atoms with E-state index in [9.17, 15) is 0 Å². The van der Waals surface area contributed by atoms with Crippen LogP contribution < -0.4 is 0 Å². The number of hydrogen-bond acceptors (Lipinski definition) is 0. The minimum absolute atomic E-state index is 0.749. The van der Waals surface area contributed by atoms with Gasteiger partial charge in [0.1, 0.15) is 8.07 Å². The summed E-state index contributed by atoms with van der Waals surface area (Å²) >= 11 is 0. The third-order valence-electron chi connectivity index (χ3n) is 5.78. The Balaban J connectivity index is 5.79. The first-order chi connectivity index (χ1) is 11.7. The first kappa shape index (κ1) is 25.0. The lowest BCUT2D eigenvalue weighted by Gasteiger charge is -2.39. The Labute approximate surface area is 163 Å². The molecule has 0 amide bonds. The molecule has 0 rings (SSSR count). The van der Waals surface area contributed by atoms with Gasteiger partial charge < -0.3 is 0 Å². The van der Waals surface area contributed by atoms with Gasteiger partial charge in [-0.2, -0.15) is 0 Å². The molecule has 0 saturated carbocycles. The second kappa shape index (κ2) is 13.2. The lowest BCUT2D eigenvalue weighted by Crippen LogP contribution is -2.40. The molecule has 0 aliphatic carbocycles. The van der Waals surface area contributed by atoms with Gasteiger partial charge in [0.05, 0.1) is 8.07 Å². The van der Waals surface area contributed by atoms with Crippen LogP contribution in [0.5, 0.6) is 0 Å². The van der Waals surface area contributed by atoms with E-state index < -0.39 is 16.1 Å². The quantitative estimate of drug-likeness (QED) is 0.222. The molecule has 0 bridgehead atoms. The van der Waals surface area contributed by atoms with Gasteiger partial charge in [0.15, 0.2) is 0 Å². The van der Waals surface area contributed by atoms with Gasteiger partial charge in [0.25, 0.3) is 0 Å². The molecular formula is C23H48Si2. The first-order valence-corrected chi connectivity index (χ1v) is 17.5. The van der Waals surface area contributed by atoms with E-state index in [0.29, 0.717) is 0 Å². The van der Waals surface area contributed by atoms with Crippen LogP contribution in [0.1, 0.15) is 86.0 Å². The average molecular weight is 381 g/mol. The topological polar surface area (TPSA) is 0 Å². The van der Waals surface area contributed by atoms with Gasteiger partial charge in [0.2, 0.25) is 0 Å². The van der Waals surface area contributed by atoms with E-state index in [2.05, 4.69) is 65.7 Å². The molecule has 0 aromatic heterocycles. The summed E-state index contributed by atoms with van der Waals surface area (Å²) in [5.74, 6) is 4.80. The number of unbranched alkanes of at least 4 members (excludes halogenated alkanes) is 3. The highest BCUT2D eigenvalue weighted by Gasteiger charge is 2.39. The Hall–Kier alpha value is -0.00623. The molecule has 0 N–H and O–H groups in total. The highest BCUT2D eigenvalue weighted by atomic mass is 28.3. The molecule has 0 aromatic rings. The van der Waals surface area contributed by atoms with Crippen LogP contribution in [0.4, 0.5) is 0 Å². The first-order valence-electron chi connectivity index (χ1n) is 11.3. The van der Waals surface area contributed by atoms with Gasteiger partial charge in [-0.05, 0) is 12.3 Å². The van der Waals surface area contributed by atoms with Crippen molar-refractivity contribution in [3.05, 3.63) is 0 Å². The third kappa shape index (κ3) is 10.7. The van der Waals surface area contributed by atoms with Crippen molar-refractivity contribution < 1.29 is 0 Å². The summed E-state index contributed by atoms with van der Waals surface area (Å²) in [6.45, 7) is 19.2. The summed E-state index contributed by atoms with van der Waals surface area (Å²) in [5.41, 5.74) is 4.56. The summed E-state index contributed by atoms with van der Waals surface area (Å²) in [7, 11) is -2.61. The fourth-order valence-corrected chi connectivity index (χ4v) is 10.8. The average Bonchev–Trinajstić information content (AvgIpc) is 2.57. The molecule has 0 aliphatic heterocycles. The van der Waals surface area contributed by atoms with Crippen molar-refractivity contribution >= 4 is 16.1 Å². The van der Waals surface area contributed by atoms with Crippen molar-refractivity contribution in [2.75, 3.05) is 0 Å². The third-order valence-corrected chi connectivity index (χ3v) is 12.6. The van der Waals surface area contributed by atoms with Crippen LogP contribution in [0.2, 0.25) is 43.3 Å². The van der Waals surface area contributed by atoms with E-state index in [1.807, 2.05) is 0 Å². The highest BCUT2D eigenvalue weighted by molar-refractivity contribution is 6.85. The van der Waals surface area contributed by atoms with Crippen LogP contribution >= 0.6 is 0 Å². The smallest absolute Gasteiger partial charge is 0.129 e. The normalized spacial score (nSPS) is 14.7. The van der Waals surface area contributed by atoms with Crippen LogP contribution in [0.15, 0.2) is 0 Å². The zero-order valence-corrected chi connectivity index (χ0v) is 20.9. The van der Waals surface area contributed by atoms with E-state index in [1.165, 1.54) is 69.5 Å². The molecule has 0 fully saturated rings. The standard InChI is InChI=1S/C23H48Si2/c1-9-13-17-25(18-14-10-2,19-15-11-3)23(21-22(5)12-4)16-20-24(6,7)8/h22-23H,9-15,17-19,21H2,1-8H3. The van der Waals surface area contributed by atoms with Gasteiger partial charge in [0, 0.05) is 5.54 Å². The zero-order chi connectivity index (χ0) is 19.3. The summed E-state index contributed by atoms with van der Waals surface area (Å²) in [4.78, 5) is 0. The Morgan fingerprint density at radius 3 is 1.52 bits per heavy atom. The van der Waals surface area contributed by atoms with Crippen LogP contribution in [-0.2, 0) is 0 Å². The SMILES string of the molecule is CCCC[Si](CCCC)(CCCC)C(C#C[Si](C)(C)C)CC(C)CC. The number of hydrogen-bond donors (Lipinski definition) is 0. The maximum Gasteiger partial charge on any atom is 0.129 e. The second-order valence-electron chi connectivity index (χ2n) is 9.49. The maximum absolute atomic E-state index is 3.97. The molecule has 25 heavy (non-hydrogen) atoms. The van der Waals surface area contributed by atoms with Crippen molar-refractivity contribution in [3.63, 3.8) is 0 Å². The van der Waals surface area contributed by atoms with Crippen molar-refractivity contribution in [1.82, 2.24) is 0 Å². The molecule has 0 aliphatic rings. The van der Waals surface area contributed by atoms with Gasteiger partial charge >= 0.3 is 0 Å². The molecule has 0 saturated heterocycles. The molecule has 0 spiro atoms. The Morgan fingerprint density at radius 2 is 1.20 bits per heavy atom. The Bertz CT molecular complexity index is 361. The number of rotatable bonds is 13. The predicted molar refractivity (Wildman–Crippen MR) is 124 cm³/mol. The zero-order valence-electron chi connectivity index (χ0n) is 18.9. The summed E-state index contributed by atoms with van der Waals surface area (Å²) < 4.78 is 0. The summed E-state index contributed by atoms with van der Waals surface area (Å²) in [6, 6.07) is 4.60. The largest absolute Gasteiger partial charge is 0.132 e. The summed E-state index contributed by atoms with van der Waals surface area (Å²) in [5, 5.41) is 0. The van der Waals surface area contributed by atoms with Crippen molar-refractivity contribution in [1.29, 1.82) is 0 Å². The van der Waals surface area contributed by atoms with Crippen LogP contribution in [-0.4, -0.2) is 16.1 Å². The molecule has 0 aromatic carbocycles. The summed E-state index contributed by atoms with van der Waals surface area (Å²) in [6.07, 6.45) is 11.0. The Morgan fingerprint density at radius 1 is 0.760 bits per heavy atom. The van der Waals surface area contributed by atoms with Crippen LogP contribution in [0, 0.1) is 17.4 Å². The van der Waals surface area contributed by atoms with E-state index in [0.717, 1.165) is 11.5 Å².